The van der Waals surface area contributed by atoms with E-state index in [9.17, 15) is 26.4 Å². The number of benzene rings is 2. The third-order valence-corrected chi connectivity index (χ3v) is 5.87. The zero-order chi connectivity index (χ0) is 21.2. The zero-order valence-corrected chi connectivity index (χ0v) is 16.3. The molecule has 1 aliphatic rings. The van der Waals surface area contributed by atoms with E-state index in [1.165, 1.54) is 0 Å². The average Bonchev–Trinajstić information content (AvgIpc) is 3.16. The highest BCUT2D eigenvalue weighted by Crippen LogP contribution is 2.28. The van der Waals surface area contributed by atoms with Crippen LogP contribution >= 0.6 is 0 Å². The van der Waals surface area contributed by atoms with Crippen LogP contribution in [0.15, 0.2) is 47.4 Å². The molecule has 1 N–H and O–H groups in total. The number of anilines is 1. The van der Waals surface area contributed by atoms with E-state index < -0.39 is 22.1 Å². The van der Waals surface area contributed by atoms with Crippen LogP contribution in [0.1, 0.15) is 28.8 Å². The van der Waals surface area contributed by atoms with Gasteiger partial charge in [0.1, 0.15) is 5.75 Å². The highest BCUT2D eigenvalue weighted by atomic mass is 32.2. The minimum Gasteiger partial charge on any atom is -0.406 e. The predicted octanol–water partition coefficient (Wildman–Crippen LogP) is 3.93. The van der Waals surface area contributed by atoms with Crippen molar-refractivity contribution in [2.45, 2.75) is 31.0 Å². The Bertz CT molecular complexity index is 999. The van der Waals surface area contributed by atoms with Crippen molar-refractivity contribution in [3.63, 3.8) is 0 Å². The molecule has 1 fully saturated rings. The van der Waals surface area contributed by atoms with E-state index in [0.717, 1.165) is 37.1 Å². The van der Waals surface area contributed by atoms with Crippen molar-refractivity contribution in [2.24, 2.45) is 0 Å². The molecule has 2 aromatic carbocycles. The Morgan fingerprint density at radius 2 is 1.69 bits per heavy atom. The van der Waals surface area contributed by atoms with Gasteiger partial charge in [-0.2, -0.15) is 0 Å². The predicted molar refractivity (Wildman–Crippen MR) is 100 cm³/mol. The topological polar surface area (TPSA) is 75.7 Å². The molecule has 6 nitrogen and oxygen atoms in total. The fraction of sp³-hybridized carbons (Fsp3) is 0.316. The number of ether oxygens (including phenoxy) is 1. The minimum absolute atomic E-state index is 0.153. The second-order valence-electron chi connectivity index (χ2n) is 6.62. The quantitative estimate of drug-likeness (QED) is 0.783. The Kier molecular flexibility index (Phi) is 5.74. The number of rotatable bonds is 5. The van der Waals surface area contributed by atoms with Gasteiger partial charge in [0.25, 0.3) is 15.9 Å². The third-order valence-electron chi connectivity index (χ3n) is 4.50. The number of para-hydroxylation sites is 1. The summed E-state index contributed by atoms with van der Waals surface area (Å²) in [5.41, 5.74) is 0.933. The first-order chi connectivity index (χ1) is 13.6. The number of hydrogen-bond acceptors (Lipinski definition) is 4. The molecule has 0 atom stereocenters. The Hall–Kier alpha value is -2.75. The maximum absolute atomic E-state index is 12.8. The Morgan fingerprint density at radius 1 is 1.07 bits per heavy atom. The van der Waals surface area contributed by atoms with Crippen molar-refractivity contribution in [3.8, 4) is 5.75 Å². The van der Waals surface area contributed by atoms with Gasteiger partial charge in [-0.1, -0.05) is 12.1 Å². The maximum atomic E-state index is 12.8. The smallest absolute Gasteiger partial charge is 0.406 e. The number of hydrogen-bond donors (Lipinski definition) is 1. The third kappa shape index (κ3) is 5.00. The van der Waals surface area contributed by atoms with Crippen LogP contribution in [-0.4, -0.2) is 38.7 Å². The SMILES string of the molecule is Cc1cccc(C(=O)N2CCCC2)c1NS(=O)(=O)c1ccc(OC(F)(F)F)cc1. The first kappa shape index (κ1) is 21.0. The number of carbonyl (C=O) groups excluding carboxylic acids is 1. The molecule has 156 valence electrons. The number of sulfonamides is 1. The molecule has 0 radical (unpaired) electrons. The van der Waals surface area contributed by atoms with Crippen LogP contribution in [0.25, 0.3) is 0 Å². The van der Waals surface area contributed by atoms with E-state index in [1.54, 1.807) is 30.0 Å². The van der Waals surface area contributed by atoms with E-state index in [2.05, 4.69) is 9.46 Å². The van der Waals surface area contributed by atoms with Gasteiger partial charge in [0, 0.05) is 13.1 Å². The molecule has 0 bridgehead atoms. The molecule has 10 heteroatoms. The molecule has 2 aromatic rings. The van der Waals surface area contributed by atoms with Crippen LogP contribution < -0.4 is 9.46 Å². The molecular formula is C19H19F3N2O4S. The van der Waals surface area contributed by atoms with Gasteiger partial charge in [-0.15, -0.1) is 13.2 Å². The summed E-state index contributed by atoms with van der Waals surface area (Å²) in [4.78, 5) is 14.2. The van der Waals surface area contributed by atoms with Crippen molar-refractivity contribution in [2.75, 3.05) is 17.8 Å². The molecule has 0 aromatic heterocycles. The van der Waals surface area contributed by atoms with Gasteiger partial charge in [-0.05, 0) is 55.7 Å². The normalized spacial score (nSPS) is 14.7. The summed E-state index contributed by atoms with van der Waals surface area (Å²) in [6.07, 6.45) is -3.08. The lowest BCUT2D eigenvalue weighted by Gasteiger charge is -2.20. The standard InChI is InChI=1S/C19H19F3N2O4S/c1-13-5-4-6-16(18(25)24-11-2-3-12-24)17(13)23-29(26,27)15-9-7-14(8-10-15)28-19(20,21)22/h4-10,23H,2-3,11-12H2,1H3. The summed E-state index contributed by atoms with van der Waals surface area (Å²) in [6, 6.07) is 8.71. The summed E-state index contributed by atoms with van der Waals surface area (Å²) < 4.78 is 68.5. The summed E-state index contributed by atoms with van der Waals surface area (Å²) in [6.45, 7) is 2.89. The number of nitrogens with zero attached hydrogens (tertiary/aromatic N) is 1. The van der Waals surface area contributed by atoms with Crippen LogP contribution in [-0.2, 0) is 10.0 Å². The lowest BCUT2D eigenvalue weighted by Crippen LogP contribution is -2.29. The number of likely N-dealkylation sites (tertiary alicyclic amines) is 1. The molecule has 3 rings (SSSR count). The van der Waals surface area contributed by atoms with Gasteiger partial charge < -0.3 is 9.64 Å². The number of amides is 1. The summed E-state index contributed by atoms with van der Waals surface area (Å²) in [5.74, 6) is -0.796. The Morgan fingerprint density at radius 3 is 2.28 bits per heavy atom. The molecule has 1 heterocycles. The lowest BCUT2D eigenvalue weighted by atomic mass is 10.1. The monoisotopic (exact) mass is 428 g/mol. The largest absolute Gasteiger partial charge is 0.573 e. The number of alkyl halides is 3. The highest BCUT2D eigenvalue weighted by molar-refractivity contribution is 7.92. The first-order valence-electron chi connectivity index (χ1n) is 8.84. The van der Waals surface area contributed by atoms with E-state index in [-0.39, 0.29) is 22.1 Å². The molecule has 0 spiro atoms. The van der Waals surface area contributed by atoms with E-state index in [4.69, 9.17) is 0 Å². The van der Waals surface area contributed by atoms with Gasteiger partial charge >= 0.3 is 6.36 Å². The second kappa shape index (κ2) is 7.94. The average molecular weight is 428 g/mol. The molecule has 1 aliphatic heterocycles. The fourth-order valence-corrected chi connectivity index (χ4v) is 4.24. The van der Waals surface area contributed by atoms with Crippen molar-refractivity contribution < 1.29 is 31.1 Å². The number of aryl methyl sites for hydroxylation is 1. The van der Waals surface area contributed by atoms with Crippen LogP contribution in [0, 0.1) is 6.92 Å². The van der Waals surface area contributed by atoms with Gasteiger partial charge in [0.05, 0.1) is 16.1 Å². The van der Waals surface area contributed by atoms with E-state index in [1.807, 2.05) is 0 Å². The number of nitrogens with one attached hydrogen (secondary N) is 1. The summed E-state index contributed by atoms with van der Waals surface area (Å²) in [5, 5.41) is 0. The molecule has 1 amide bonds. The molecule has 0 saturated carbocycles. The second-order valence-corrected chi connectivity index (χ2v) is 8.30. The molecule has 0 aliphatic carbocycles. The molecular weight excluding hydrogens is 409 g/mol. The molecule has 1 saturated heterocycles. The molecule has 29 heavy (non-hydrogen) atoms. The minimum atomic E-state index is -4.87. The van der Waals surface area contributed by atoms with Crippen LogP contribution in [0.2, 0.25) is 0 Å². The number of carbonyl (C=O) groups is 1. The van der Waals surface area contributed by atoms with Crippen molar-refractivity contribution in [1.82, 2.24) is 4.90 Å². The van der Waals surface area contributed by atoms with Gasteiger partial charge in [-0.25, -0.2) is 8.42 Å². The van der Waals surface area contributed by atoms with Gasteiger partial charge in [0.2, 0.25) is 0 Å². The number of halogens is 3. The molecule has 0 unspecified atom stereocenters. The Balaban J connectivity index is 1.88. The fourth-order valence-electron chi connectivity index (χ4n) is 3.09. The lowest BCUT2D eigenvalue weighted by molar-refractivity contribution is -0.274. The van der Waals surface area contributed by atoms with E-state index >= 15 is 0 Å². The highest BCUT2D eigenvalue weighted by Gasteiger charge is 2.31. The maximum Gasteiger partial charge on any atom is 0.573 e. The van der Waals surface area contributed by atoms with Crippen LogP contribution in [0.5, 0.6) is 5.75 Å². The van der Waals surface area contributed by atoms with Crippen molar-refractivity contribution >= 4 is 21.6 Å². The van der Waals surface area contributed by atoms with Gasteiger partial charge in [-0.3, -0.25) is 9.52 Å². The zero-order valence-electron chi connectivity index (χ0n) is 15.5. The van der Waals surface area contributed by atoms with Crippen LogP contribution in [0.4, 0.5) is 18.9 Å². The summed E-state index contributed by atoms with van der Waals surface area (Å²) >= 11 is 0. The van der Waals surface area contributed by atoms with E-state index in [0.29, 0.717) is 18.7 Å². The van der Waals surface area contributed by atoms with Crippen molar-refractivity contribution in [1.29, 1.82) is 0 Å². The first-order valence-corrected chi connectivity index (χ1v) is 10.3. The van der Waals surface area contributed by atoms with Gasteiger partial charge in [0.15, 0.2) is 0 Å². The van der Waals surface area contributed by atoms with Crippen LogP contribution in [0.3, 0.4) is 0 Å². The summed E-state index contributed by atoms with van der Waals surface area (Å²) in [7, 11) is -4.13. The van der Waals surface area contributed by atoms with Crippen molar-refractivity contribution in [3.05, 3.63) is 53.6 Å². The Labute approximate surface area is 166 Å².